The van der Waals surface area contributed by atoms with E-state index in [9.17, 15) is 9.90 Å². The normalized spacial score (nSPS) is 11.0. The van der Waals surface area contributed by atoms with Gasteiger partial charge in [0.25, 0.3) is 0 Å². The Morgan fingerprint density at radius 3 is 2.76 bits per heavy atom. The lowest BCUT2D eigenvalue weighted by Gasteiger charge is -2.05. The molecule has 1 N–H and O–H groups in total. The molecule has 0 amide bonds. The minimum Gasteiger partial charge on any atom is -0.508 e. The number of carbonyl (C=O) groups excluding carboxylic acids is 1. The van der Waals surface area contributed by atoms with Crippen LogP contribution in [0.5, 0.6) is 5.75 Å². The van der Waals surface area contributed by atoms with E-state index >= 15 is 0 Å². The van der Waals surface area contributed by atoms with Gasteiger partial charge in [0.05, 0.1) is 6.61 Å². The summed E-state index contributed by atoms with van der Waals surface area (Å²) in [7, 11) is 0. The van der Waals surface area contributed by atoms with Gasteiger partial charge in [-0.3, -0.25) is 0 Å². The summed E-state index contributed by atoms with van der Waals surface area (Å²) >= 11 is 0. The molecule has 1 aromatic rings. The fourth-order valence-electron chi connectivity index (χ4n) is 1.89. The molecule has 0 saturated carbocycles. The molecule has 21 heavy (non-hydrogen) atoms. The molecule has 1 aromatic carbocycles. The molecule has 0 saturated heterocycles. The molecule has 0 aromatic heterocycles. The monoisotopic (exact) mass is 287 g/mol. The third-order valence-corrected chi connectivity index (χ3v) is 3.12. The van der Waals surface area contributed by atoms with Gasteiger partial charge < -0.3 is 9.84 Å². The van der Waals surface area contributed by atoms with Gasteiger partial charge in [-0.05, 0) is 42.7 Å². The van der Waals surface area contributed by atoms with Crippen molar-refractivity contribution in [1.29, 1.82) is 5.26 Å². The fraction of sp³-hybridized carbons (Fsp3) is 0.412. The maximum atomic E-state index is 11.8. The second kappa shape index (κ2) is 8.80. The number of hydrogen-bond donors (Lipinski definition) is 1. The molecule has 4 nitrogen and oxygen atoms in total. The zero-order chi connectivity index (χ0) is 15.7. The molecule has 0 radical (unpaired) electrons. The number of phenolic OH excluding ortho intramolecular Hbond substituents is 1. The molecule has 0 bridgehead atoms. The van der Waals surface area contributed by atoms with E-state index < -0.39 is 5.97 Å². The summed E-state index contributed by atoms with van der Waals surface area (Å²) in [6, 6.07) is 6.63. The van der Waals surface area contributed by atoms with Crippen molar-refractivity contribution < 1.29 is 14.6 Å². The molecule has 0 unspecified atom stereocenters. The van der Waals surface area contributed by atoms with E-state index in [1.54, 1.807) is 19.1 Å². The SMILES string of the molecule is CCCCCCOC(=O)C(C#N)=Cc1ccc(O)cc1C. The van der Waals surface area contributed by atoms with Crippen molar-refractivity contribution in [1.82, 2.24) is 0 Å². The smallest absolute Gasteiger partial charge is 0.348 e. The molecule has 0 fully saturated rings. The molecule has 0 atom stereocenters. The number of rotatable bonds is 7. The van der Waals surface area contributed by atoms with Crippen LogP contribution >= 0.6 is 0 Å². The molecule has 4 heteroatoms. The number of unbranched alkanes of at least 4 members (excludes halogenated alkanes) is 3. The van der Waals surface area contributed by atoms with Crippen molar-refractivity contribution in [2.45, 2.75) is 39.5 Å². The van der Waals surface area contributed by atoms with Gasteiger partial charge in [0, 0.05) is 0 Å². The van der Waals surface area contributed by atoms with Crippen molar-refractivity contribution in [2.24, 2.45) is 0 Å². The van der Waals surface area contributed by atoms with Crippen LogP contribution in [0.3, 0.4) is 0 Å². The summed E-state index contributed by atoms with van der Waals surface area (Å²) in [6.45, 7) is 4.26. The van der Waals surface area contributed by atoms with Crippen LogP contribution in [0.4, 0.5) is 0 Å². The molecular weight excluding hydrogens is 266 g/mol. The quantitative estimate of drug-likeness (QED) is 0.359. The van der Waals surface area contributed by atoms with E-state index in [4.69, 9.17) is 10.00 Å². The molecule has 0 heterocycles. The minimum atomic E-state index is -0.596. The van der Waals surface area contributed by atoms with Crippen LogP contribution in [0.2, 0.25) is 0 Å². The van der Waals surface area contributed by atoms with Gasteiger partial charge in [-0.25, -0.2) is 4.79 Å². The Morgan fingerprint density at radius 1 is 1.38 bits per heavy atom. The van der Waals surface area contributed by atoms with E-state index in [2.05, 4.69) is 6.92 Å². The fourth-order valence-corrected chi connectivity index (χ4v) is 1.89. The van der Waals surface area contributed by atoms with E-state index in [1.807, 2.05) is 6.07 Å². The number of nitriles is 1. The number of aromatic hydroxyl groups is 1. The zero-order valence-corrected chi connectivity index (χ0v) is 12.6. The average molecular weight is 287 g/mol. The number of aryl methyl sites for hydroxylation is 1. The first kappa shape index (κ1) is 16.8. The van der Waals surface area contributed by atoms with E-state index in [-0.39, 0.29) is 11.3 Å². The molecule has 0 spiro atoms. The Kier molecular flexibility index (Phi) is 7.03. The van der Waals surface area contributed by atoms with Gasteiger partial charge in [0.1, 0.15) is 17.4 Å². The summed E-state index contributed by atoms with van der Waals surface area (Å²) in [5, 5.41) is 18.4. The molecule has 0 aliphatic heterocycles. The first-order valence-corrected chi connectivity index (χ1v) is 7.17. The van der Waals surface area contributed by atoms with Gasteiger partial charge in [-0.2, -0.15) is 5.26 Å². The lowest BCUT2D eigenvalue weighted by atomic mass is 10.1. The number of esters is 1. The van der Waals surface area contributed by atoms with Gasteiger partial charge in [0.15, 0.2) is 0 Å². The summed E-state index contributed by atoms with van der Waals surface area (Å²) in [5.41, 5.74) is 1.48. The third-order valence-electron chi connectivity index (χ3n) is 3.12. The van der Waals surface area contributed by atoms with Crippen LogP contribution in [-0.4, -0.2) is 17.7 Å². The Balaban J connectivity index is 2.67. The lowest BCUT2D eigenvalue weighted by Crippen LogP contribution is -2.08. The number of benzene rings is 1. The largest absolute Gasteiger partial charge is 0.508 e. The van der Waals surface area contributed by atoms with Gasteiger partial charge in [-0.15, -0.1) is 0 Å². The Morgan fingerprint density at radius 2 is 2.14 bits per heavy atom. The second-order valence-electron chi connectivity index (χ2n) is 4.91. The lowest BCUT2D eigenvalue weighted by molar-refractivity contribution is -0.138. The molecule has 0 aliphatic carbocycles. The van der Waals surface area contributed by atoms with Crippen LogP contribution in [0.15, 0.2) is 23.8 Å². The first-order valence-electron chi connectivity index (χ1n) is 7.17. The Hall–Kier alpha value is -2.28. The van der Waals surface area contributed by atoms with E-state index in [0.29, 0.717) is 12.2 Å². The standard InChI is InChI=1S/C17H21NO3/c1-3-4-5-6-9-21-17(20)15(12-18)11-14-7-8-16(19)10-13(14)2/h7-8,10-11,19H,3-6,9H2,1-2H3. The predicted molar refractivity (Wildman–Crippen MR) is 81.5 cm³/mol. The Labute approximate surface area is 125 Å². The molecule has 1 rings (SSSR count). The number of carbonyl (C=O) groups is 1. The van der Waals surface area contributed by atoms with Crippen LogP contribution in [0, 0.1) is 18.3 Å². The van der Waals surface area contributed by atoms with Crippen LogP contribution in [-0.2, 0) is 9.53 Å². The van der Waals surface area contributed by atoms with Crippen LogP contribution in [0.25, 0.3) is 6.08 Å². The summed E-state index contributed by atoms with van der Waals surface area (Å²) < 4.78 is 5.10. The topological polar surface area (TPSA) is 70.3 Å². The van der Waals surface area contributed by atoms with Crippen molar-refractivity contribution in [3.05, 3.63) is 34.9 Å². The van der Waals surface area contributed by atoms with E-state index in [1.165, 1.54) is 12.1 Å². The summed E-state index contributed by atoms with van der Waals surface area (Å²) in [6.07, 6.45) is 5.56. The third kappa shape index (κ3) is 5.70. The van der Waals surface area contributed by atoms with Gasteiger partial charge >= 0.3 is 5.97 Å². The van der Waals surface area contributed by atoms with Gasteiger partial charge in [0.2, 0.25) is 0 Å². The number of nitrogens with zero attached hydrogens (tertiary/aromatic N) is 1. The maximum Gasteiger partial charge on any atom is 0.348 e. The molecule has 112 valence electrons. The van der Waals surface area contributed by atoms with E-state index in [0.717, 1.165) is 31.2 Å². The predicted octanol–water partition coefficient (Wildman–Crippen LogP) is 3.73. The van der Waals surface area contributed by atoms with Crippen molar-refractivity contribution in [2.75, 3.05) is 6.61 Å². The highest BCUT2D eigenvalue weighted by atomic mass is 16.5. The average Bonchev–Trinajstić information content (AvgIpc) is 2.46. The van der Waals surface area contributed by atoms with Crippen molar-refractivity contribution >= 4 is 12.0 Å². The maximum absolute atomic E-state index is 11.8. The van der Waals surface area contributed by atoms with Crippen LogP contribution < -0.4 is 0 Å². The highest BCUT2D eigenvalue weighted by Crippen LogP contribution is 2.18. The first-order chi connectivity index (χ1) is 10.1. The second-order valence-corrected chi connectivity index (χ2v) is 4.91. The summed E-state index contributed by atoms with van der Waals surface area (Å²) in [5.74, 6) is -0.442. The van der Waals surface area contributed by atoms with Crippen LogP contribution in [0.1, 0.15) is 43.7 Å². The molecule has 0 aliphatic rings. The minimum absolute atomic E-state index is 0.0284. The van der Waals surface area contributed by atoms with Gasteiger partial charge in [-0.1, -0.05) is 32.3 Å². The highest BCUT2D eigenvalue weighted by molar-refractivity contribution is 5.98. The number of phenols is 1. The highest BCUT2D eigenvalue weighted by Gasteiger charge is 2.11. The summed E-state index contributed by atoms with van der Waals surface area (Å²) in [4.78, 5) is 11.8. The molecular formula is C17H21NO3. The van der Waals surface area contributed by atoms with Crippen molar-refractivity contribution in [3.8, 4) is 11.8 Å². The number of hydrogen-bond acceptors (Lipinski definition) is 4. The zero-order valence-electron chi connectivity index (χ0n) is 12.6. The van der Waals surface area contributed by atoms with Crippen molar-refractivity contribution in [3.63, 3.8) is 0 Å². The number of ether oxygens (including phenoxy) is 1. The Bertz CT molecular complexity index is 556.